The van der Waals surface area contributed by atoms with Crippen LogP contribution in [0.2, 0.25) is 0 Å². The van der Waals surface area contributed by atoms with E-state index in [4.69, 9.17) is 0 Å². The largest absolute Gasteiger partial charge is 0.545 e. The minimum Gasteiger partial charge on any atom is -0.545 e. The van der Waals surface area contributed by atoms with Crippen LogP contribution in [0, 0.1) is 13.8 Å². The third-order valence-corrected chi connectivity index (χ3v) is 5.84. The van der Waals surface area contributed by atoms with Crippen LogP contribution in [-0.2, 0) is 18.1 Å². The first-order valence-electron chi connectivity index (χ1n) is 8.76. The molecule has 0 amide bonds. The molecule has 0 atom stereocenters. The second-order valence-corrected chi connectivity index (χ2v) is 8.02. The van der Waals surface area contributed by atoms with Gasteiger partial charge < -0.3 is 14.5 Å². The second kappa shape index (κ2) is 9.20. The van der Waals surface area contributed by atoms with E-state index in [1.54, 1.807) is 47.8 Å². The summed E-state index contributed by atoms with van der Waals surface area (Å²) in [6.07, 6.45) is 0. The number of nitrogens with zero attached hydrogens (tertiary/aromatic N) is 5. The maximum atomic E-state index is 10.8. The summed E-state index contributed by atoms with van der Waals surface area (Å²) >= 11 is 3.12. The van der Waals surface area contributed by atoms with Gasteiger partial charge in [-0.1, -0.05) is 47.8 Å². The Labute approximate surface area is 172 Å². The molecule has 0 fully saturated rings. The molecule has 0 radical (unpaired) electrons. The molecule has 0 saturated carbocycles. The lowest BCUT2D eigenvalue weighted by atomic mass is 10.1. The standard InChI is InChI=1S/C19H21N5O2S2/c1-4-24-16(11-27-18-20-12(2)9-13(3)21-18)22-23-19(24)28-10-14-5-7-15(8-6-14)17(25)26/h5-9H,4,10-11H2,1-3H3,(H,25,26)/p-1. The van der Waals surface area contributed by atoms with Crippen molar-refractivity contribution >= 4 is 29.5 Å². The van der Waals surface area contributed by atoms with Crippen LogP contribution in [0.4, 0.5) is 0 Å². The molecule has 146 valence electrons. The number of benzene rings is 1. The highest BCUT2D eigenvalue weighted by molar-refractivity contribution is 7.98. The molecule has 2 heterocycles. The Morgan fingerprint density at radius 2 is 1.71 bits per heavy atom. The van der Waals surface area contributed by atoms with E-state index in [1.807, 2.05) is 19.9 Å². The molecule has 2 aromatic heterocycles. The molecule has 0 aliphatic rings. The van der Waals surface area contributed by atoms with Crippen molar-refractivity contribution in [1.82, 2.24) is 24.7 Å². The predicted molar refractivity (Wildman–Crippen MR) is 107 cm³/mol. The van der Waals surface area contributed by atoms with Crippen LogP contribution in [0.25, 0.3) is 0 Å². The topological polar surface area (TPSA) is 96.6 Å². The van der Waals surface area contributed by atoms with E-state index >= 15 is 0 Å². The van der Waals surface area contributed by atoms with E-state index in [0.29, 0.717) is 11.5 Å². The van der Waals surface area contributed by atoms with Gasteiger partial charge >= 0.3 is 0 Å². The maximum Gasteiger partial charge on any atom is 0.191 e. The monoisotopic (exact) mass is 414 g/mol. The van der Waals surface area contributed by atoms with E-state index in [2.05, 4.69) is 31.7 Å². The van der Waals surface area contributed by atoms with Gasteiger partial charge in [-0.2, -0.15) is 0 Å². The van der Waals surface area contributed by atoms with Crippen LogP contribution in [0.3, 0.4) is 0 Å². The zero-order valence-corrected chi connectivity index (χ0v) is 17.5. The summed E-state index contributed by atoms with van der Waals surface area (Å²) in [5, 5.41) is 21.0. The maximum absolute atomic E-state index is 10.8. The number of carboxylic acid groups (broad SMARTS) is 1. The molecule has 0 N–H and O–H groups in total. The molecule has 0 saturated heterocycles. The minimum absolute atomic E-state index is 0.179. The fourth-order valence-corrected chi connectivity index (χ4v) is 4.49. The molecule has 28 heavy (non-hydrogen) atoms. The van der Waals surface area contributed by atoms with Crippen molar-refractivity contribution in [3.8, 4) is 0 Å². The highest BCUT2D eigenvalue weighted by Gasteiger charge is 2.13. The van der Waals surface area contributed by atoms with Crippen molar-refractivity contribution < 1.29 is 9.90 Å². The van der Waals surface area contributed by atoms with Crippen molar-refractivity contribution in [2.24, 2.45) is 0 Å². The van der Waals surface area contributed by atoms with Crippen molar-refractivity contribution in [3.05, 3.63) is 58.7 Å². The lowest BCUT2D eigenvalue weighted by Crippen LogP contribution is -2.21. The average Bonchev–Trinajstić information content (AvgIpc) is 3.06. The summed E-state index contributed by atoms with van der Waals surface area (Å²) in [5.74, 6) is 1.04. The zero-order chi connectivity index (χ0) is 20.1. The van der Waals surface area contributed by atoms with Gasteiger partial charge in [-0.15, -0.1) is 10.2 Å². The van der Waals surface area contributed by atoms with Gasteiger partial charge in [0.2, 0.25) is 0 Å². The average molecular weight is 415 g/mol. The van der Waals surface area contributed by atoms with Gasteiger partial charge in [0.1, 0.15) is 5.82 Å². The molecule has 3 aromatic rings. The molecule has 0 spiro atoms. The van der Waals surface area contributed by atoms with E-state index in [9.17, 15) is 9.90 Å². The molecule has 0 aliphatic carbocycles. The van der Waals surface area contributed by atoms with Gasteiger partial charge in [-0.3, -0.25) is 0 Å². The predicted octanol–water partition coefficient (Wildman–Crippen LogP) is 2.65. The highest BCUT2D eigenvalue weighted by atomic mass is 32.2. The summed E-state index contributed by atoms with van der Waals surface area (Å²) in [6.45, 7) is 6.75. The Kier molecular flexibility index (Phi) is 6.69. The van der Waals surface area contributed by atoms with Crippen molar-refractivity contribution in [1.29, 1.82) is 0 Å². The summed E-state index contributed by atoms with van der Waals surface area (Å²) in [7, 11) is 0. The fourth-order valence-electron chi connectivity index (χ4n) is 2.62. The number of hydrogen-bond donors (Lipinski definition) is 0. The van der Waals surface area contributed by atoms with Crippen molar-refractivity contribution in [3.63, 3.8) is 0 Å². The van der Waals surface area contributed by atoms with Gasteiger partial charge in [0.05, 0.1) is 11.7 Å². The van der Waals surface area contributed by atoms with E-state index in [-0.39, 0.29) is 5.56 Å². The summed E-state index contributed by atoms with van der Waals surface area (Å²) in [5.41, 5.74) is 3.10. The van der Waals surface area contributed by atoms with Gasteiger partial charge in [-0.05, 0) is 38.0 Å². The number of carbonyl (C=O) groups excluding carboxylic acids is 1. The number of aryl methyl sites for hydroxylation is 2. The Balaban J connectivity index is 1.65. The summed E-state index contributed by atoms with van der Waals surface area (Å²) < 4.78 is 2.08. The van der Waals surface area contributed by atoms with E-state index in [1.165, 1.54) is 0 Å². The molecule has 9 heteroatoms. The fraction of sp³-hybridized carbons (Fsp3) is 0.316. The van der Waals surface area contributed by atoms with Crippen LogP contribution in [0.15, 0.2) is 40.6 Å². The van der Waals surface area contributed by atoms with Crippen LogP contribution >= 0.6 is 23.5 Å². The SMILES string of the molecule is CCn1c(CSc2nc(C)cc(C)n2)nnc1SCc1ccc(C(=O)[O-])cc1. The molecular formula is C19H20N5O2S2-. The molecule has 1 aromatic carbocycles. The molecule has 0 aliphatic heterocycles. The molecule has 7 nitrogen and oxygen atoms in total. The highest BCUT2D eigenvalue weighted by Crippen LogP contribution is 2.25. The normalized spacial score (nSPS) is 11.0. The number of hydrogen-bond acceptors (Lipinski definition) is 8. The summed E-state index contributed by atoms with van der Waals surface area (Å²) in [6, 6.07) is 8.65. The van der Waals surface area contributed by atoms with Crippen LogP contribution < -0.4 is 5.11 Å². The first kappa shape index (κ1) is 20.3. The number of carboxylic acids is 1. The quantitative estimate of drug-likeness (QED) is 0.410. The van der Waals surface area contributed by atoms with Gasteiger partial charge in [-0.25, -0.2) is 9.97 Å². The van der Waals surface area contributed by atoms with Gasteiger partial charge in [0.25, 0.3) is 0 Å². The summed E-state index contributed by atoms with van der Waals surface area (Å²) in [4.78, 5) is 19.7. The van der Waals surface area contributed by atoms with Gasteiger partial charge in [0, 0.05) is 23.7 Å². The Morgan fingerprint density at radius 3 is 2.32 bits per heavy atom. The first-order valence-corrected chi connectivity index (χ1v) is 10.7. The molecule has 0 bridgehead atoms. The van der Waals surface area contributed by atoms with E-state index < -0.39 is 5.97 Å². The number of thioether (sulfide) groups is 2. The van der Waals surface area contributed by atoms with Gasteiger partial charge in [0.15, 0.2) is 10.3 Å². The Hall–Kier alpha value is -2.39. The van der Waals surface area contributed by atoms with Crippen molar-refractivity contribution in [2.75, 3.05) is 0 Å². The number of aromatic nitrogens is 5. The third kappa shape index (κ3) is 5.11. The number of rotatable bonds is 8. The Morgan fingerprint density at radius 1 is 1.04 bits per heavy atom. The smallest absolute Gasteiger partial charge is 0.191 e. The second-order valence-electron chi connectivity index (χ2n) is 6.14. The number of carbonyl (C=O) groups is 1. The third-order valence-electron chi connectivity index (χ3n) is 3.96. The molecule has 3 rings (SSSR count). The lowest BCUT2D eigenvalue weighted by Gasteiger charge is -2.08. The van der Waals surface area contributed by atoms with Crippen LogP contribution in [0.5, 0.6) is 0 Å². The molecule has 0 unspecified atom stereocenters. The molecular weight excluding hydrogens is 394 g/mol. The van der Waals surface area contributed by atoms with E-state index in [0.717, 1.165) is 39.6 Å². The van der Waals surface area contributed by atoms with Crippen LogP contribution in [-0.4, -0.2) is 30.7 Å². The van der Waals surface area contributed by atoms with Crippen LogP contribution in [0.1, 0.15) is 40.1 Å². The lowest BCUT2D eigenvalue weighted by molar-refractivity contribution is -0.255. The zero-order valence-electron chi connectivity index (χ0n) is 15.9. The first-order chi connectivity index (χ1) is 13.5. The Bertz CT molecular complexity index is 953. The number of aromatic carboxylic acids is 1. The minimum atomic E-state index is -1.17. The van der Waals surface area contributed by atoms with Crippen molar-refractivity contribution in [2.45, 2.75) is 49.1 Å².